The van der Waals surface area contributed by atoms with Crippen LogP contribution >= 0.6 is 0 Å². The molecule has 0 bridgehead atoms. The summed E-state index contributed by atoms with van der Waals surface area (Å²) >= 11 is 0. The monoisotopic (exact) mass is 678 g/mol. The Morgan fingerprint density at radius 3 is 1.47 bits per heavy atom. The van der Waals surface area contributed by atoms with E-state index in [0.29, 0.717) is 0 Å². The number of aromatic nitrogens is 2. The average molecular weight is 679 g/mol. The number of benzene rings is 7. The van der Waals surface area contributed by atoms with Crippen molar-refractivity contribution in [2.45, 2.75) is 0 Å². The highest BCUT2D eigenvalue weighted by molar-refractivity contribution is 6.10. The molecule has 53 heavy (non-hydrogen) atoms. The Balaban J connectivity index is 1.19. The van der Waals surface area contributed by atoms with Gasteiger partial charge < -0.3 is 14.4 Å². The second-order valence-corrected chi connectivity index (χ2v) is 13.9. The zero-order valence-corrected chi connectivity index (χ0v) is 29.0. The first-order valence-corrected chi connectivity index (χ1v) is 18.3. The van der Waals surface area contributed by atoms with E-state index in [4.69, 9.17) is 4.98 Å². The summed E-state index contributed by atoms with van der Waals surface area (Å²) in [5.41, 5.74) is 17.5. The van der Waals surface area contributed by atoms with Crippen molar-refractivity contribution in [2.75, 3.05) is 22.9 Å². The summed E-state index contributed by atoms with van der Waals surface area (Å²) in [6, 6.07) is 64.1. The number of hydrogen-bond donors (Lipinski definition) is 0. The molecule has 0 saturated heterocycles. The molecule has 1 aliphatic heterocycles. The Hall–Kier alpha value is -6.91. The topological polar surface area (TPSA) is 24.3 Å². The van der Waals surface area contributed by atoms with Gasteiger partial charge in [0.1, 0.15) is 0 Å². The molecule has 0 radical (unpaired) electrons. The van der Waals surface area contributed by atoms with Crippen LogP contribution in [0.2, 0.25) is 0 Å². The lowest BCUT2D eigenvalue weighted by Gasteiger charge is -2.40. The van der Waals surface area contributed by atoms with Gasteiger partial charge in [0.2, 0.25) is 0 Å². The predicted octanol–water partition coefficient (Wildman–Crippen LogP) is 12.4. The van der Waals surface area contributed by atoms with Gasteiger partial charge in [-0.1, -0.05) is 109 Å². The van der Waals surface area contributed by atoms with Crippen LogP contribution < -0.4 is 9.80 Å². The van der Waals surface area contributed by atoms with Crippen LogP contribution in [0, 0.1) is 0 Å². The van der Waals surface area contributed by atoms with Crippen LogP contribution in [0.5, 0.6) is 0 Å². The van der Waals surface area contributed by atoms with Gasteiger partial charge in [0.15, 0.2) is 0 Å². The van der Waals surface area contributed by atoms with Crippen molar-refractivity contribution in [1.29, 1.82) is 0 Å². The molecule has 4 heteroatoms. The molecule has 2 aliphatic rings. The molecule has 2 aromatic heterocycles. The maximum absolute atomic E-state index is 5.17. The summed E-state index contributed by atoms with van der Waals surface area (Å²) in [5, 5.41) is 2.52. The van der Waals surface area contributed by atoms with Crippen molar-refractivity contribution in [3.8, 4) is 50.3 Å². The number of anilines is 4. The van der Waals surface area contributed by atoms with Gasteiger partial charge in [0, 0.05) is 58.2 Å². The molecule has 4 nitrogen and oxygen atoms in total. The minimum absolute atomic E-state index is 0.866. The maximum Gasteiger partial charge on any atom is 0.0787 e. The van der Waals surface area contributed by atoms with Crippen molar-refractivity contribution >= 4 is 44.6 Å². The molecule has 0 fully saturated rings. The first-order chi connectivity index (χ1) is 26.3. The second kappa shape index (κ2) is 11.8. The van der Waals surface area contributed by atoms with Gasteiger partial charge in [-0.2, -0.15) is 0 Å². The first kappa shape index (κ1) is 29.8. The van der Waals surface area contributed by atoms with Gasteiger partial charge in [0.25, 0.3) is 0 Å². The van der Waals surface area contributed by atoms with Crippen molar-refractivity contribution in [2.24, 2.45) is 0 Å². The van der Waals surface area contributed by atoms with Gasteiger partial charge in [-0.25, -0.2) is 0 Å². The Kier molecular flexibility index (Phi) is 6.65. The lowest BCUT2D eigenvalue weighted by molar-refractivity contribution is 0.850. The summed E-state index contributed by atoms with van der Waals surface area (Å²) in [6.07, 6.45) is 1.94. The molecular weight excluding hydrogens is 645 g/mol. The number of hydrogen-bond acceptors (Lipinski definition) is 3. The molecule has 9 aromatic rings. The SMILES string of the molecule is c1ccc(N2CCN(c3ccccc3)c3cc4c(cc32)-c2ccccc2-c2cc(-n3c5ccccc5c5ccccc53)ccc2-c2cccnc2-4)cc1. The number of nitrogens with zero attached hydrogens (tertiary/aromatic N) is 4. The van der Waals surface area contributed by atoms with E-state index in [1.165, 1.54) is 72.4 Å². The van der Waals surface area contributed by atoms with Gasteiger partial charge in [-0.15, -0.1) is 0 Å². The molecule has 0 unspecified atom stereocenters. The van der Waals surface area contributed by atoms with Gasteiger partial charge in [-0.3, -0.25) is 4.98 Å². The van der Waals surface area contributed by atoms with Crippen molar-refractivity contribution < 1.29 is 0 Å². The zero-order valence-electron chi connectivity index (χ0n) is 29.0. The molecular formula is C49H34N4. The molecule has 0 amide bonds. The minimum atomic E-state index is 0.866. The summed E-state index contributed by atoms with van der Waals surface area (Å²) in [6.45, 7) is 1.73. The predicted molar refractivity (Wildman–Crippen MR) is 221 cm³/mol. The highest BCUT2D eigenvalue weighted by Gasteiger charge is 2.30. The van der Waals surface area contributed by atoms with Crippen molar-refractivity contribution in [3.63, 3.8) is 0 Å². The van der Waals surface area contributed by atoms with E-state index in [0.717, 1.165) is 35.6 Å². The first-order valence-electron chi connectivity index (χ1n) is 18.3. The number of fused-ring (bicyclic) bond motifs is 12. The van der Waals surface area contributed by atoms with Crippen molar-refractivity contribution in [1.82, 2.24) is 9.55 Å². The Morgan fingerprint density at radius 1 is 0.358 bits per heavy atom. The van der Waals surface area contributed by atoms with Gasteiger partial charge in [-0.05, 0) is 94.5 Å². The fraction of sp³-hybridized carbons (Fsp3) is 0.0408. The van der Waals surface area contributed by atoms with Crippen LogP contribution in [0.25, 0.3) is 72.1 Å². The van der Waals surface area contributed by atoms with Gasteiger partial charge >= 0.3 is 0 Å². The van der Waals surface area contributed by atoms with E-state index in [1.54, 1.807) is 0 Å². The lowest BCUT2D eigenvalue weighted by Crippen LogP contribution is -2.36. The molecule has 250 valence electrons. The summed E-state index contributed by atoms with van der Waals surface area (Å²) < 4.78 is 2.41. The third-order valence-corrected chi connectivity index (χ3v) is 11.1. The third-order valence-electron chi connectivity index (χ3n) is 11.1. The molecule has 0 N–H and O–H groups in total. The van der Waals surface area contributed by atoms with Crippen LogP contribution in [0.15, 0.2) is 182 Å². The molecule has 11 rings (SSSR count). The standard InChI is InChI=1S/C49H34N4/c1-3-14-33(15-4-1)51-28-29-52(34-16-5-2-6-17-34)48-32-44-43(31-47(48)51)37-19-8-7-18-36(37)42-30-35(25-26-38(42)41-22-13-27-50-49(41)44)53-45-23-11-9-20-39(45)40-21-10-12-24-46(40)53/h1-27,30-32H,28-29H2. The maximum atomic E-state index is 5.17. The molecule has 0 atom stereocenters. The van der Waals surface area contributed by atoms with Crippen LogP contribution in [-0.2, 0) is 0 Å². The molecule has 3 heterocycles. The smallest absolute Gasteiger partial charge is 0.0787 e. The molecule has 7 aromatic carbocycles. The number of pyridine rings is 1. The largest absolute Gasteiger partial charge is 0.338 e. The Labute approximate surface area is 308 Å². The van der Waals surface area contributed by atoms with E-state index >= 15 is 0 Å². The second-order valence-electron chi connectivity index (χ2n) is 13.9. The number of rotatable bonds is 3. The highest BCUT2D eigenvalue weighted by atomic mass is 15.3. The number of para-hydroxylation sites is 4. The van der Waals surface area contributed by atoms with E-state index in [2.05, 4.69) is 190 Å². The lowest BCUT2D eigenvalue weighted by atomic mass is 9.82. The summed E-state index contributed by atoms with van der Waals surface area (Å²) in [4.78, 5) is 10.1. The fourth-order valence-corrected chi connectivity index (χ4v) is 8.74. The fourth-order valence-electron chi connectivity index (χ4n) is 8.74. The van der Waals surface area contributed by atoms with E-state index in [-0.39, 0.29) is 0 Å². The van der Waals surface area contributed by atoms with E-state index < -0.39 is 0 Å². The average Bonchev–Trinajstić information content (AvgIpc) is 3.57. The quantitative estimate of drug-likeness (QED) is 0.186. The molecule has 0 saturated carbocycles. The summed E-state index contributed by atoms with van der Waals surface area (Å²) in [7, 11) is 0. The Bertz CT molecular complexity index is 2800. The highest BCUT2D eigenvalue weighted by Crippen LogP contribution is 2.52. The summed E-state index contributed by atoms with van der Waals surface area (Å²) in [5.74, 6) is 0. The van der Waals surface area contributed by atoms with E-state index in [9.17, 15) is 0 Å². The van der Waals surface area contributed by atoms with Crippen molar-refractivity contribution in [3.05, 3.63) is 182 Å². The normalized spacial score (nSPS) is 13.1. The van der Waals surface area contributed by atoms with Crippen LogP contribution in [0.1, 0.15) is 0 Å². The third kappa shape index (κ3) is 4.59. The van der Waals surface area contributed by atoms with Crippen LogP contribution in [0.3, 0.4) is 0 Å². The zero-order chi connectivity index (χ0) is 34.9. The van der Waals surface area contributed by atoms with Gasteiger partial charge in [0.05, 0.1) is 28.1 Å². The minimum Gasteiger partial charge on any atom is -0.338 e. The molecule has 0 spiro atoms. The van der Waals surface area contributed by atoms with E-state index in [1.807, 2.05) is 6.20 Å². The Morgan fingerprint density at radius 2 is 0.849 bits per heavy atom. The van der Waals surface area contributed by atoms with Crippen LogP contribution in [0.4, 0.5) is 22.7 Å². The molecule has 1 aliphatic carbocycles. The van der Waals surface area contributed by atoms with Crippen LogP contribution in [-0.4, -0.2) is 22.6 Å².